The van der Waals surface area contributed by atoms with Gasteiger partial charge in [0.15, 0.2) is 5.58 Å². The van der Waals surface area contributed by atoms with Crippen molar-refractivity contribution < 1.29 is 13.6 Å². The Kier molecular flexibility index (Phi) is 5.28. The van der Waals surface area contributed by atoms with Crippen molar-refractivity contribution in [2.24, 2.45) is 0 Å². The zero-order chi connectivity index (χ0) is 19.5. The van der Waals surface area contributed by atoms with E-state index in [-0.39, 0.29) is 17.9 Å². The van der Waals surface area contributed by atoms with Crippen LogP contribution in [0.3, 0.4) is 0 Å². The van der Waals surface area contributed by atoms with E-state index in [1.54, 1.807) is 17.0 Å². The van der Waals surface area contributed by atoms with Gasteiger partial charge in [0.1, 0.15) is 17.4 Å². The van der Waals surface area contributed by atoms with Crippen LogP contribution in [0.4, 0.5) is 9.18 Å². The molecule has 146 valence electrons. The summed E-state index contributed by atoms with van der Waals surface area (Å²) in [7, 11) is 0. The smallest absolute Gasteiger partial charge is 0.318 e. The van der Waals surface area contributed by atoms with Crippen LogP contribution in [0, 0.1) is 5.82 Å². The summed E-state index contributed by atoms with van der Waals surface area (Å²) in [5, 5.41) is 2.97. The number of fused-ring (bicyclic) bond motifs is 1. The van der Waals surface area contributed by atoms with Gasteiger partial charge in [0, 0.05) is 18.7 Å². The molecule has 4 rings (SSSR count). The molecule has 1 aliphatic rings. The number of amides is 2. The first-order chi connectivity index (χ1) is 13.7. The number of oxazole rings is 1. The molecule has 1 unspecified atom stereocenters. The molecule has 0 spiro atoms. The summed E-state index contributed by atoms with van der Waals surface area (Å²) >= 11 is 0. The molecule has 5 nitrogen and oxygen atoms in total. The molecular formula is C22H24FN3O2. The zero-order valence-corrected chi connectivity index (χ0v) is 16.0. The highest BCUT2D eigenvalue weighted by Gasteiger charge is 2.33. The lowest BCUT2D eigenvalue weighted by molar-refractivity contribution is 0.185. The molecule has 0 radical (unpaired) electrons. The van der Waals surface area contributed by atoms with E-state index in [0.29, 0.717) is 35.6 Å². The minimum absolute atomic E-state index is 0.0646. The van der Waals surface area contributed by atoms with Crippen molar-refractivity contribution in [2.45, 2.75) is 38.6 Å². The van der Waals surface area contributed by atoms with E-state index in [9.17, 15) is 9.18 Å². The number of nitrogens with zero attached hydrogens (tertiary/aromatic N) is 2. The molecule has 0 aliphatic carbocycles. The molecule has 1 fully saturated rings. The predicted molar refractivity (Wildman–Crippen MR) is 106 cm³/mol. The van der Waals surface area contributed by atoms with Crippen LogP contribution >= 0.6 is 0 Å². The van der Waals surface area contributed by atoms with Gasteiger partial charge in [0.2, 0.25) is 5.89 Å². The molecule has 2 amide bonds. The second kappa shape index (κ2) is 8.00. The highest BCUT2D eigenvalue weighted by molar-refractivity contribution is 5.81. The first kappa shape index (κ1) is 18.5. The molecule has 1 N–H and O–H groups in total. The van der Waals surface area contributed by atoms with E-state index < -0.39 is 0 Å². The summed E-state index contributed by atoms with van der Waals surface area (Å²) < 4.78 is 20.1. The number of unbranched alkanes of at least 4 members (excludes halogenated alkanes) is 1. The van der Waals surface area contributed by atoms with Crippen molar-refractivity contribution in [1.29, 1.82) is 0 Å². The highest BCUT2D eigenvalue weighted by atomic mass is 19.1. The number of benzene rings is 2. The standard InChI is InChI=1S/C22H24FN3O2/c1-2-3-12-24-22(27)26-13-6-9-19(26)21-25-18-14-15(10-11-20(18)28-21)16-7-4-5-8-17(16)23/h4-5,7-8,10-11,14,19H,2-3,6,9,12-13H2,1H3,(H,24,27). The van der Waals surface area contributed by atoms with Gasteiger partial charge in [-0.05, 0) is 43.0 Å². The summed E-state index contributed by atoms with van der Waals surface area (Å²) in [6, 6.07) is 11.9. The van der Waals surface area contributed by atoms with Crippen molar-refractivity contribution in [3.05, 3.63) is 54.2 Å². The van der Waals surface area contributed by atoms with Crippen molar-refractivity contribution in [3.63, 3.8) is 0 Å². The number of hydrogen-bond acceptors (Lipinski definition) is 3. The van der Waals surface area contributed by atoms with Gasteiger partial charge in [-0.15, -0.1) is 0 Å². The fraction of sp³-hybridized carbons (Fsp3) is 0.364. The molecule has 6 heteroatoms. The van der Waals surface area contributed by atoms with Crippen LogP contribution in [0.25, 0.3) is 22.2 Å². The maximum absolute atomic E-state index is 14.1. The Labute approximate surface area is 163 Å². The summed E-state index contributed by atoms with van der Waals surface area (Å²) in [6.07, 6.45) is 3.75. The lowest BCUT2D eigenvalue weighted by Crippen LogP contribution is -2.39. The number of carbonyl (C=O) groups excluding carboxylic acids is 1. The maximum atomic E-state index is 14.1. The molecule has 3 aromatic rings. The largest absolute Gasteiger partial charge is 0.438 e. The minimum atomic E-state index is -0.267. The van der Waals surface area contributed by atoms with Crippen molar-refractivity contribution in [1.82, 2.24) is 15.2 Å². The normalized spacial score (nSPS) is 16.6. The van der Waals surface area contributed by atoms with E-state index in [0.717, 1.165) is 31.2 Å². The second-order valence-electron chi connectivity index (χ2n) is 7.15. The molecule has 1 aromatic heterocycles. The number of hydrogen-bond donors (Lipinski definition) is 1. The van der Waals surface area contributed by atoms with Crippen molar-refractivity contribution in [2.75, 3.05) is 13.1 Å². The van der Waals surface area contributed by atoms with Crippen LogP contribution in [-0.4, -0.2) is 29.0 Å². The molecule has 1 saturated heterocycles. The van der Waals surface area contributed by atoms with E-state index in [1.165, 1.54) is 6.07 Å². The topological polar surface area (TPSA) is 58.4 Å². The number of halogens is 1. The van der Waals surface area contributed by atoms with Gasteiger partial charge in [0.25, 0.3) is 0 Å². The van der Waals surface area contributed by atoms with Gasteiger partial charge in [-0.1, -0.05) is 37.6 Å². The molecule has 1 atom stereocenters. The fourth-order valence-electron chi connectivity index (χ4n) is 3.69. The molecule has 2 aromatic carbocycles. The monoisotopic (exact) mass is 381 g/mol. The predicted octanol–water partition coefficient (Wildman–Crippen LogP) is 5.28. The first-order valence-electron chi connectivity index (χ1n) is 9.87. The van der Waals surface area contributed by atoms with Crippen LogP contribution in [0.5, 0.6) is 0 Å². The van der Waals surface area contributed by atoms with Gasteiger partial charge in [-0.2, -0.15) is 0 Å². The van der Waals surface area contributed by atoms with Gasteiger partial charge in [0.05, 0.1) is 0 Å². The Morgan fingerprint density at radius 1 is 1.32 bits per heavy atom. The van der Waals surface area contributed by atoms with Crippen LogP contribution < -0.4 is 5.32 Å². The summed E-state index contributed by atoms with van der Waals surface area (Å²) in [5.41, 5.74) is 2.61. The molecule has 28 heavy (non-hydrogen) atoms. The Morgan fingerprint density at radius 2 is 2.18 bits per heavy atom. The van der Waals surface area contributed by atoms with Crippen LogP contribution in [-0.2, 0) is 0 Å². The lowest BCUT2D eigenvalue weighted by Gasteiger charge is -2.22. The van der Waals surface area contributed by atoms with Crippen molar-refractivity contribution in [3.8, 4) is 11.1 Å². The van der Waals surface area contributed by atoms with Crippen LogP contribution in [0.15, 0.2) is 46.9 Å². The number of aromatic nitrogens is 1. The van der Waals surface area contributed by atoms with E-state index in [2.05, 4.69) is 17.2 Å². The number of likely N-dealkylation sites (tertiary alicyclic amines) is 1. The number of urea groups is 1. The Balaban J connectivity index is 1.59. The maximum Gasteiger partial charge on any atom is 0.318 e. The SMILES string of the molecule is CCCCNC(=O)N1CCCC1c1nc2cc(-c3ccccc3F)ccc2o1. The van der Waals surface area contributed by atoms with Gasteiger partial charge < -0.3 is 14.6 Å². The van der Waals surface area contributed by atoms with Gasteiger partial charge in [-0.25, -0.2) is 14.2 Å². The molecule has 2 heterocycles. The fourth-order valence-corrected chi connectivity index (χ4v) is 3.69. The van der Waals surface area contributed by atoms with Gasteiger partial charge >= 0.3 is 6.03 Å². The quantitative estimate of drug-likeness (QED) is 0.612. The lowest BCUT2D eigenvalue weighted by atomic mass is 10.0. The average Bonchev–Trinajstić information content (AvgIpc) is 3.34. The Bertz CT molecular complexity index is 985. The van der Waals surface area contributed by atoms with E-state index in [4.69, 9.17) is 4.42 Å². The third-order valence-corrected chi connectivity index (χ3v) is 5.19. The molecule has 1 aliphatic heterocycles. The summed E-state index contributed by atoms with van der Waals surface area (Å²) in [6.45, 7) is 3.47. The summed E-state index contributed by atoms with van der Waals surface area (Å²) in [5.74, 6) is 0.278. The van der Waals surface area contributed by atoms with Gasteiger partial charge in [-0.3, -0.25) is 0 Å². The molecule has 0 saturated carbocycles. The van der Waals surface area contributed by atoms with E-state index >= 15 is 0 Å². The second-order valence-corrected chi connectivity index (χ2v) is 7.15. The van der Waals surface area contributed by atoms with Crippen molar-refractivity contribution >= 4 is 17.1 Å². The minimum Gasteiger partial charge on any atom is -0.438 e. The Morgan fingerprint density at radius 3 is 3.00 bits per heavy atom. The highest BCUT2D eigenvalue weighted by Crippen LogP contribution is 2.34. The third-order valence-electron chi connectivity index (χ3n) is 5.19. The first-order valence-corrected chi connectivity index (χ1v) is 9.87. The van der Waals surface area contributed by atoms with Crippen LogP contribution in [0.1, 0.15) is 44.5 Å². The van der Waals surface area contributed by atoms with Crippen LogP contribution in [0.2, 0.25) is 0 Å². The third kappa shape index (κ3) is 3.59. The molecular weight excluding hydrogens is 357 g/mol. The molecule has 0 bridgehead atoms. The number of carbonyl (C=O) groups is 1. The zero-order valence-electron chi connectivity index (χ0n) is 16.0. The number of rotatable bonds is 5. The number of nitrogens with one attached hydrogen (secondary N) is 1. The Hall–Kier alpha value is -2.89. The average molecular weight is 381 g/mol. The summed E-state index contributed by atoms with van der Waals surface area (Å²) in [4.78, 5) is 18.9. The van der Waals surface area contributed by atoms with E-state index in [1.807, 2.05) is 24.3 Å².